The van der Waals surface area contributed by atoms with Crippen LogP contribution in [0.25, 0.3) is 0 Å². The molecule has 0 aliphatic heterocycles. The number of hydrogen-bond donors (Lipinski definition) is 1. The smallest absolute Gasteiger partial charge is 0.155 e. The first-order chi connectivity index (χ1) is 8.59. The van der Waals surface area contributed by atoms with E-state index in [1.807, 2.05) is 6.07 Å². The number of rotatable bonds is 5. The Morgan fingerprint density at radius 2 is 2.06 bits per heavy atom. The summed E-state index contributed by atoms with van der Waals surface area (Å²) in [5, 5.41) is 8.20. The molecule has 0 amide bonds. The highest BCUT2D eigenvalue weighted by Gasteiger charge is 2.40. The third kappa shape index (κ3) is 2.33. The van der Waals surface area contributed by atoms with Crippen molar-refractivity contribution in [1.82, 2.24) is 15.1 Å². The van der Waals surface area contributed by atoms with Gasteiger partial charge in [-0.1, -0.05) is 0 Å². The van der Waals surface area contributed by atoms with E-state index in [0.717, 1.165) is 17.9 Å². The molecule has 5 heteroatoms. The van der Waals surface area contributed by atoms with E-state index < -0.39 is 0 Å². The molecule has 1 fully saturated rings. The van der Waals surface area contributed by atoms with Crippen LogP contribution in [0.1, 0.15) is 24.8 Å². The van der Waals surface area contributed by atoms with Gasteiger partial charge < -0.3 is 15.5 Å². The molecule has 1 aromatic rings. The van der Waals surface area contributed by atoms with Crippen molar-refractivity contribution in [2.24, 2.45) is 5.73 Å². The summed E-state index contributed by atoms with van der Waals surface area (Å²) in [6, 6.07) is 1.95. The molecule has 5 nitrogen and oxygen atoms in total. The van der Waals surface area contributed by atoms with Gasteiger partial charge >= 0.3 is 0 Å². The minimum absolute atomic E-state index is 0.290. The van der Waals surface area contributed by atoms with E-state index in [1.165, 1.54) is 19.3 Å². The Morgan fingerprint density at radius 3 is 2.56 bits per heavy atom. The van der Waals surface area contributed by atoms with Crippen molar-refractivity contribution in [2.45, 2.75) is 31.3 Å². The van der Waals surface area contributed by atoms with Crippen LogP contribution in [0.3, 0.4) is 0 Å². The van der Waals surface area contributed by atoms with Crippen molar-refractivity contribution in [3.63, 3.8) is 0 Å². The lowest BCUT2D eigenvalue weighted by Crippen LogP contribution is -2.57. The average Bonchev–Trinajstić information content (AvgIpc) is 2.33. The monoisotopic (exact) mass is 249 g/mol. The Labute approximate surface area is 109 Å². The molecule has 0 unspecified atom stereocenters. The summed E-state index contributed by atoms with van der Waals surface area (Å²) in [6.07, 6.45) is 5.52. The second kappa shape index (κ2) is 5.20. The summed E-state index contributed by atoms with van der Waals surface area (Å²) in [6.45, 7) is 1.48. The van der Waals surface area contributed by atoms with Gasteiger partial charge in [0, 0.05) is 31.2 Å². The molecule has 0 saturated heterocycles. The van der Waals surface area contributed by atoms with Crippen molar-refractivity contribution < 1.29 is 0 Å². The van der Waals surface area contributed by atoms with Crippen molar-refractivity contribution in [3.05, 3.63) is 17.8 Å². The topological polar surface area (TPSA) is 58.3 Å². The van der Waals surface area contributed by atoms with E-state index in [0.29, 0.717) is 6.54 Å². The third-order valence-corrected chi connectivity index (χ3v) is 4.13. The lowest BCUT2D eigenvalue weighted by Gasteiger charge is -2.49. The van der Waals surface area contributed by atoms with Crippen LogP contribution in [0.2, 0.25) is 0 Å². The molecule has 2 N–H and O–H groups in total. The first-order valence-corrected chi connectivity index (χ1v) is 6.48. The molecule has 0 spiro atoms. The summed E-state index contributed by atoms with van der Waals surface area (Å²) in [5.41, 5.74) is 7.10. The summed E-state index contributed by atoms with van der Waals surface area (Å²) < 4.78 is 0. The van der Waals surface area contributed by atoms with Gasteiger partial charge in [-0.25, -0.2) is 0 Å². The average molecular weight is 249 g/mol. The van der Waals surface area contributed by atoms with E-state index >= 15 is 0 Å². The lowest BCUT2D eigenvalue weighted by atomic mass is 9.75. The van der Waals surface area contributed by atoms with Gasteiger partial charge in [-0.05, 0) is 39.4 Å². The van der Waals surface area contributed by atoms with Crippen LogP contribution in [-0.4, -0.2) is 48.3 Å². The number of aromatic nitrogens is 2. The maximum Gasteiger partial charge on any atom is 0.155 e. The Kier molecular flexibility index (Phi) is 3.82. The summed E-state index contributed by atoms with van der Waals surface area (Å²) >= 11 is 0. The van der Waals surface area contributed by atoms with Gasteiger partial charge in [0.15, 0.2) is 5.82 Å². The van der Waals surface area contributed by atoms with Crippen LogP contribution in [-0.2, 0) is 6.54 Å². The summed E-state index contributed by atoms with van der Waals surface area (Å²) in [5.74, 6) is 0.910. The van der Waals surface area contributed by atoms with Crippen LogP contribution < -0.4 is 10.6 Å². The SMILES string of the molecule is CN(CC1(N(C)C)CCC1)c1nnccc1CN. The van der Waals surface area contributed by atoms with Crippen LogP contribution in [0.4, 0.5) is 5.82 Å². The lowest BCUT2D eigenvalue weighted by molar-refractivity contribution is 0.0681. The maximum atomic E-state index is 5.75. The highest BCUT2D eigenvalue weighted by atomic mass is 15.3. The van der Waals surface area contributed by atoms with E-state index in [9.17, 15) is 0 Å². The Balaban J connectivity index is 2.14. The predicted octanol–water partition coefficient (Wildman–Crippen LogP) is 0.856. The summed E-state index contributed by atoms with van der Waals surface area (Å²) in [7, 11) is 6.40. The molecule has 1 aromatic heterocycles. The van der Waals surface area contributed by atoms with Gasteiger partial charge in [0.25, 0.3) is 0 Å². The van der Waals surface area contributed by atoms with Crippen molar-refractivity contribution >= 4 is 5.82 Å². The Bertz CT molecular complexity index is 400. The van der Waals surface area contributed by atoms with E-state index in [2.05, 4.69) is 41.1 Å². The second-order valence-corrected chi connectivity index (χ2v) is 5.41. The number of hydrogen-bond acceptors (Lipinski definition) is 5. The van der Waals surface area contributed by atoms with Crippen LogP contribution >= 0.6 is 0 Å². The normalized spacial score (nSPS) is 17.6. The van der Waals surface area contributed by atoms with E-state index in [-0.39, 0.29) is 5.54 Å². The maximum absolute atomic E-state index is 5.75. The van der Waals surface area contributed by atoms with Crippen LogP contribution in [0, 0.1) is 0 Å². The van der Waals surface area contributed by atoms with E-state index in [4.69, 9.17) is 5.73 Å². The zero-order valence-corrected chi connectivity index (χ0v) is 11.6. The number of likely N-dealkylation sites (N-methyl/N-ethyl adjacent to an activating group) is 2. The first-order valence-electron chi connectivity index (χ1n) is 6.48. The molecule has 100 valence electrons. The molecule has 0 aromatic carbocycles. The highest BCUT2D eigenvalue weighted by molar-refractivity contribution is 5.45. The van der Waals surface area contributed by atoms with Gasteiger partial charge in [-0.15, -0.1) is 5.10 Å². The molecule has 2 rings (SSSR count). The third-order valence-electron chi connectivity index (χ3n) is 4.13. The fraction of sp³-hybridized carbons (Fsp3) is 0.692. The largest absolute Gasteiger partial charge is 0.356 e. The van der Waals surface area contributed by atoms with Crippen LogP contribution in [0.15, 0.2) is 12.3 Å². The fourth-order valence-electron chi connectivity index (χ4n) is 2.68. The minimum Gasteiger partial charge on any atom is -0.356 e. The molecule has 1 aliphatic carbocycles. The van der Waals surface area contributed by atoms with Crippen LogP contribution in [0.5, 0.6) is 0 Å². The standard InChI is InChI=1S/C13H23N5/c1-17(2)13(6-4-7-13)10-18(3)12-11(9-14)5-8-15-16-12/h5,8H,4,6-7,9-10,14H2,1-3H3. The van der Waals surface area contributed by atoms with Crippen molar-refractivity contribution in [3.8, 4) is 0 Å². The van der Waals surface area contributed by atoms with Gasteiger partial charge in [0.05, 0.1) is 6.20 Å². The molecular formula is C13H23N5. The quantitative estimate of drug-likeness (QED) is 0.838. The first kappa shape index (κ1) is 13.2. The molecule has 18 heavy (non-hydrogen) atoms. The molecule has 1 heterocycles. The van der Waals surface area contributed by atoms with Crippen molar-refractivity contribution in [2.75, 3.05) is 32.6 Å². The molecular weight excluding hydrogens is 226 g/mol. The zero-order valence-electron chi connectivity index (χ0n) is 11.6. The molecule has 0 radical (unpaired) electrons. The van der Waals surface area contributed by atoms with Gasteiger partial charge in [-0.2, -0.15) is 5.10 Å². The number of nitrogens with two attached hydrogens (primary N) is 1. The van der Waals surface area contributed by atoms with Gasteiger partial charge in [0.1, 0.15) is 0 Å². The van der Waals surface area contributed by atoms with E-state index in [1.54, 1.807) is 6.20 Å². The number of anilines is 1. The second-order valence-electron chi connectivity index (χ2n) is 5.41. The fourth-order valence-corrected chi connectivity index (χ4v) is 2.68. The highest BCUT2D eigenvalue weighted by Crippen LogP contribution is 2.37. The Hall–Kier alpha value is -1.20. The minimum atomic E-state index is 0.290. The van der Waals surface area contributed by atoms with Gasteiger partial charge in [0.2, 0.25) is 0 Å². The molecule has 0 bridgehead atoms. The molecule has 1 aliphatic rings. The molecule has 1 saturated carbocycles. The number of nitrogens with zero attached hydrogens (tertiary/aromatic N) is 4. The predicted molar refractivity (Wildman–Crippen MR) is 73.5 cm³/mol. The molecule has 0 atom stereocenters. The summed E-state index contributed by atoms with van der Waals surface area (Å²) in [4.78, 5) is 4.53. The Morgan fingerprint density at radius 1 is 1.33 bits per heavy atom. The zero-order chi connectivity index (χ0) is 13.2. The van der Waals surface area contributed by atoms with Gasteiger partial charge in [-0.3, -0.25) is 0 Å². The van der Waals surface area contributed by atoms with Crippen molar-refractivity contribution in [1.29, 1.82) is 0 Å².